The van der Waals surface area contributed by atoms with Gasteiger partial charge >= 0.3 is 0 Å². The van der Waals surface area contributed by atoms with Gasteiger partial charge in [0.15, 0.2) is 0 Å². The van der Waals surface area contributed by atoms with E-state index in [1.165, 1.54) is 29.2 Å². The van der Waals surface area contributed by atoms with Crippen LogP contribution in [0.2, 0.25) is 0 Å². The first-order chi connectivity index (χ1) is 8.42. The van der Waals surface area contributed by atoms with Gasteiger partial charge in [-0.2, -0.15) is 0 Å². The number of aromatic nitrogens is 1. The minimum absolute atomic E-state index is 1.07. The second-order valence-electron chi connectivity index (χ2n) is 4.33. The normalized spacial score (nSPS) is 10.9. The van der Waals surface area contributed by atoms with Crippen LogP contribution < -0.4 is 5.32 Å². The van der Waals surface area contributed by atoms with E-state index in [1.54, 1.807) is 0 Å². The Kier molecular flexibility index (Phi) is 4.51. The molecule has 0 atom stereocenters. The number of hydrogen-bond donors (Lipinski definition) is 1. The van der Waals surface area contributed by atoms with Crippen LogP contribution in [0, 0.1) is 0 Å². The monoisotopic (exact) mass is 228 g/mol. The SMILES string of the molecule is CCNCCCCc1cncc2ccccc12. The standard InChI is InChI=1S/C15H20N2/c1-2-16-10-6-5-8-14-12-17-11-13-7-3-4-9-15(13)14/h3-4,7,9,11-12,16H,2,5-6,8,10H2,1H3. The quantitative estimate of drug-likeness (QED) is 0.768. The lowest BCUT2D eigenvalue weighted by atomic mass is 10.0. The van der Waals surface area contributed by atoms with Crippen molar-refractivity contribution >= 4 is 10.8 Å². The molecule has 0 bridgehead atoms. The van der Waals surface area contributed by atoms with Crippen LogP contribution in [0.1, 0.15) is 25.3 Å². The molecule has 1 heterocycles. The molecule has 0 saturated carbocycles. The van der Waals surface area contributed by atoms with Crippen LogP contribution in [0.3, 0.4) is 0 Å². The first kappa shape index (κ1) is 12.1. The zero-order chi connectivity index (χ0) is 11.9. The number of aryl methyl sites for hydroxylation is 1. The second-order valence-corrected chi connectivity index (χ2v) is 4.33. The fourth-order valence-electron chi connectivity index (χ4n) is 2.12. The average molecular weight is 228 g/mol. The van der Waals surface area contributed by atoms with E-state index in [9.17, 15) is 0 Å². The number of unbranched alkanes of at least 4 members (excludes halogenated alkanes) is 1. The van der Waals surface area contributed by atoms with E-state index >= 15 is 0 Å². The van der Waals surface area contributed by atoms with Crippen LogP contribution in [0.15, 0.2) is 36.7 Å². The van der Waals surface area contributed by atoms with Gasteiger partial charge in [0.05, 0.1) is 0 Å². The molecule has 0 saturated heterocycles. The van der Waals surface area contributed by atoms with E-state index in [1.807, 2.05) is 12.4 Å². The highest BCUT2D eigenvalue weighted by molar-refractivity contribution is 5.84. The molecule has 0 unspecified atom stereocenters. The van der Waals surface area contributed by atoms with Crippen molar-refractivity contribution in [1.82, 2.24) is 10.3 Å². The minimum atomic E-state index is 1.07. The summed E-state index contributed by atoms with van der Waals surface area (Å²) in [6.07, 6.45) is 7.53. The van der Waals surface area contributed by atoms with Crippen molar-refractivity contribution in [1.29, 1.82) is 0 Å². The smallest absolute Gasteiger partial charge is 0.0346 e. The van der Waals surface area contributed by atoms with Crippen molar-refractivity contribution in [2.45, 2.75) is 26.2 Å². The van der Waals surface area contributed by atoms with Crippen LogP contribution in [-0.4, -0.2) is 18.1 Å². The summed E-state index contributed by atoms with van der Waals surface area (Å²) < 4.78 is 0. The molecule has 0 fully saturated rings. The van der Waals surface area contributed by atoms with Gasteiger partial charge in [-0.25, -0.2) is 0 Å². The third-order valence-electron chi connectivity index (χ3n) is 3.05. The van der Waals surface area contributed by atoms with E-state index in [0.717, 1.165) is 19.5 Å². The second kappa shape index (κ2) is 6.36. The van der Waals surface area contributed by atoms with E-state index in [0.29, 0.717) is 0 Å². The molecule has 1 aromatic heterocycles. The van der Waals surface area contributed by atoms with Crippen molar-refractivity contribution in [3.63, 3.8) is 0 Å². The van der Waals surface area contributed by atoms with Gasteiger partial charge in [-0.3, -0.25) is 4.98 Å². The summed E-state index contributed by atoms with van der Waals surface area (Å²) in [5.41, 5.74) is 1.37. The predicted molar refractivity (Wildman–Crippen MR) is 73.2 cm³/mol. The third-order valence-corrected chi connectivity index (χ3v) is 3.05. The van der Waals surface area contributed by atoms with Gasteiger partial charge < -0.3 is 5.32 Å². The van der Waals surface area contributed by atoms with Gasteiger partial charge in [0, 0.05) is 17.8 Å². The molecule has 17 heavy (non-hydrogen) atoms. The highest BCUT2D eigenvalue weighted by atomic mass is 14.8. The summed E-state index contributed by atoms with van der Waals surface area (Å²) in [6, 6.07) is 8.49. The molecule has 0 aliphatic heterocycles. The van der Waals surface area contributed by atoms with Crippen molar-refractivity contribution in [3.05, 3.63) is 42.2 Å². The van der Waals surface area contributed by atoms with Gasteiger partial charge in [-0.05, 0) is 43.3 Å². The number of pyridine rings is 1. The van der Waals surface area contributed by atoms with E-state index in [-0.39, 0.29) is 0 Å². The number of benzene rings is 1. The number of nitrogens with zero attached hydrogens (tertiary/aromatic N) is 1. The van der Waals surface area contributed by atoms with Gasteiger partial charge in [0.25, 0.3) is 0 Å². The molecule has 0 amide bonds. The minimum Gasteiger partial charge on any atom is -0.317 e. The third kappa shape index (κ3) is 3.27. The Morgan fingerprint density at radius 2 is 2.00 bits per heavy atom. The summed E-state index contributed by atoms with van der Waals surface area (Å²) in [6.45, 7) is 4.33. The highest BCUT2D eigenvalue weighted by Crippen LogP contribution is 2.18. The average Bonchev–Trinajstić information content (AvgIpc) is 2.39. The Morgan fingerprint density at radius 3 is 2.88 bits per heavy atom. The molecular weight excluding hydrogens is 208 g/mol. The molecule has 0 spiro atoms. The molecule has 90 valence electrons. The summed E-state index contributed by atoms with van der Waals surface area (Å²) in [7, 11) is 0. The largest absolute Gasteiger partial charge is 0.317 e. The van der Waals surface area contributed by atoms with Crippen molar-refractivity contribution in [3.8, 4) is 0 Å². The Balaban J connectivity index is 1.98. The highest BCUT2D eigenvalue weighted by Gasteiger charge is 2.00. The molecule has 2 rings (SSSR count). The Labute approximate surface area is 103 Å². The van der Waals surface area contributed by atoms with Crippen LogP contribution in [-0.2, 0) is 6.42 Å². The number of rotatable bonds is 6. The molecular formula is C15H20N2. The Hall–Kier alpha value is -1.41. The first-order valence-corrected chi connectivity index (χ1v) is 6.44. The summed E-state index contributed by atoms with van der Waals surface area (Å²) in [5.74, 6) is 0. The first-order valence-electron chi connectivity index (χ1n) is 6.44. The van der Waals surface area contributed by atoms with Gasteiger partial charge in [-0.15, -0.1) is 0 Å². The zero-order valence-electron chi connectivity index (χ0n) is 10.4. The maximum Gasteiger partial charge on any atom is 0.0346 e. The zero-order valence-corrected chi connectivity index (χ0v) is 10.4. The van der Waals surface area contributed by atoms with Crippen LogP contribution in [0.5, 0.6) is 0 Å². The molecule has 1 N–H and O–H groups in total. The predicted octanol–water partition coefficient (Wildman–Crippen LogP) is 3.17. The molecule has 0 radical (unpaired) electrons. The lowest BCUT2D eigenvalue weighted by Gasteiger charge is -2.06. The summed E-state index contributed by atoms with van der Waals surface area (Å²) >= 11 is 0. The van der Waals surface area contributed by atoms with Crippen molar-refractivity contribution in [2.24, 2.45) is 0 Å². The van der Waals surface area contributed by atoms with Crippen LogP contribution in [0.4, 0.5) is 0 Å². The maximum absolute atomic E-state index is 4.31. The lowest BCUT2D eigenvalue weighted by Crippen LogP contribution is -2.13. The number of hydrogen-bond acceptors (Lipinski definition) is 2. The fourth-order valence-corrected chi connectivity index (χ4v) is 2.12. The fraction of sp³-hybridized carbons (Fsp3) is 0.400. The lowest BCUT2D eigenvalue weighted by molar-refractivity contribution is 0.641. The molecule has 0 aliphatic rings. The van der Waals surface area contributed by atoms with Crippen LogP contribution >= 0.6 is 0 Å². The van der Waals surface area contributed by atoms with Crippen molar-refractivity contribution < 1.29 is 0 Å². The molecule has 2 aromatic rings. The van der Waals surface area contributed by atoms with E-state index < -0.39 is 0 Å². The maximum atomic E-state index is 4.31. The Bertz CT molecular complexity index is 460. The molecule has 2 heteroatoms. The van der Waals surface area contributed by atoms with Crippen LogP contribution in [0.25, 0.3) is 10.8 Å². The molecule has 0 aliphatic carbocycles. The Morgan fingerprint density at radius 1 is 1.12 bits per heavy atom. The summed E-state index contributed by atoms with van der Waals surface area (Å²) in [4.78, 5) is 4.31. The topological polar surface area (TPSA) is 24.9 Å². The van der Waals surface area contributed by atoms with Gasteiger partial charge in [-0.1, -0.05) is 31.2 Å². The molecule has 2 nitrogen and oxygen atoms in total. The number of nitrogens with one attached hydrogen (secondary N) is 1. The molecule has 1 aromatic carbocycles. The van der Waals surface area contributed by atoms with Crippen molar-refractivity contribution in [2.75, 3.05) is 13.1 Å². The van der Waals surface area contributed by atoms with E-state index in [4.69, 9.17) is 0 Å². The summed E-state index contributed by atoms with van der Waals surface area (Å²) in [5, 5.41) is 5.96. The van der Waals surface area contributed by atoms with E-state index in [2.05, 4.69) is 41.5 Å². The van der Waals surface area contributed by atoms with Gasteiger partial charge in [0.2, 0.25) is 0 Å². The van der Waals surface area contributed by atoms with Gasteiger partial charge in [0.1, 0.15) is 0 Å². The number of fused-ring (bicyclic) bond motifs is 1.